The number of ether oxygens (including phenoxy) is 1. The van der Waals surface area contributed by atoms with Crippen molar-refractivity contribution >= 4 is 17.4 Å². The Morgan fingerprint density at radius 3 is 2.48 bits per heavy atom. The van der Waals surface area contributed by atoms with Crippen molar-refractivity contribution in [3.63, 3.8) is 0 Å². The van der Waals surface area contributed by atoms with Gasteiger partial charge >= 0.3 is 6.03 Å². The van der Waals surface area contributed by atoms with Gasteiger partial charge in [-0.25, -0.2) is 4.79 Å². The molecule has 4 rings (SSSR count). The van der Waals surface area contributed by atoms with Crippen LogP contribution in [0.4, 0.5) is 10.5 Å². The number of methoxy groups -OCH3 is 1. The first-order chi connectivity index (χ1) is 14.8. The number of amides is 2. The van der Waals surface area contributed by atoms with Crippen molar-refractivity contribution in [1.29, 1.82) is 0 Å². The van der Waals surface area contributed by atoms with Gasteiger partial charge < -0.3 is 19.8 Å². The predicted molar refractivity (Wildman–Crippen MR) is 123 cm³/mol. The van der Waals surface area contributed by atoms with Crippen molar-refractivity contribution in [2.24, 2.45) is 5.16 Å². The van der Waals surface area contributed by atoms with Crippen LogP contribution in [0.3, 0.4) is 0 Å². The van der Waals surface area contributed by atoms with Crippen molar-refractivity contribution in [2.75, 3.05) is 25.5 Å². The Bertz CT molecular complexity index is 968. The largest absolute Gasteiger partial charge is 0.497 e. The number of hydrogen-bond acceptors (Lipinski definition) is 4. The molecule has 2 amide bonds. The highest BCUT2D eigenvalue weighted by molar-refractivity contribution is 6.02. The van der Waals surface area contributed by atoms with Gasteiger partial charge in [-0.1, -0.05) is 50.2 Å². The summed E-state index contributed by atoms with van der Waals surface area (Å²) >= 11 is 0. The number of oxime groups is 1. The average molecular weight is 422 g/mol. The highest BCUT2D eigenvalue weighted by Crippen LogP contribution is 2.36. The number of rotatable bonds is 3. The molecule has 0 bridgehead atoms. The van der Waals surface area contributed by atoms with Crippen LogP contribution in [0, 0.1) is 0 Å². The zero-order chi connectivity index (χ0) is 22.1. The van der Waals surface area contributed by atoms with Gasteiger partial charge in [-0.3, -0.25) is 0 Å². The maximum absolute atomic E-state index is 12.7. The van der Waals surface area contributed by atoms with Crippen LogP contribution in [-0.4, -0.2) is 42.4 Å². The number of piperidine rings is 1. The second-order valence-corrected chi connectivity index (χ2v) is 9.47. The topological polar surface area (TPSA) is 63.2 Å². The van der Waals surface area contributed by atoms with E-state index in [1.165, 1.54) is 5.56 Å². The van der Waals surface area contributed by atoms with Gasteiger partial charge in [-0.2, -0.15) is 0 Å². The number of carbonyl (C=O) groups is 1. The van der Waals surface area contributed by atoms with Gasteiger partial charge in [0.15, 0.2) is 0 Å². The number of nitrogens with one attached hydrogen (secondary N) is 1. The lowest BCUT2D eigenvalue weighted by molar-refractivity contribution is -0.0544. The van der Waals surface area contributed by atoms with Gasteiger partial charge in [0.2, 0.25) is 0 Å². The van der Waals surface area contributed by atoms with E-state index in [0.717, 1.165) is 42.0 Å². The first-order valence-electron chi connectivity index (χ1n) is 10.8. The number of hydrogen-bond donors (Lipinski definition) is 1. The molecule has 1 fully saturated rings. The number of urea groups is 1. The van der Waals surface area contributed by atoms with Crippen LogP contribution >= 0.6 is 0 Å². The molecule has 0 saturated carbocycles. The molecule has 31 heavy (non-hydrogen) atoms. The molecule has 1 N–H and O–H groups in total. The SMILES string of the molecule is COc1cccc(C2=NOC3(CCN(C(=O)Nc4ccc(C(C)(C)C)cc4)CC3)C2)c1. The summed E-state index contributed by atoms with van der Waals surface area (Å²) in [5.74, 6) is 0.808. The zero-order valence-electron chi connectivity index (χ0n) is 18.8. The molecule has 2 aromatic carbocycles. The first kappa shape index (κ1) is 21.2. The summed E-state index contributed by atoms with van der Waals surface area (Å²) in [4.78, 5) is 20.5. The van der Waals surface area contributed by atoms with E-state index in [1.807, 2.05) is 41.3 Å². The lowest BCUT2D eigenvalue weighted by atomic mass is 9.85. The van der Waals surface area contributed by atoms with Crippen LogP contribution in [0.15, 0.2) is 53.7 Å². The Balaban J connectivity index is 1.32. The summed E-state index contributed by atoms with van der Waals surface area (Å²) in [6, 6.07) is 15.9. The minimum atomic E-state index is -0.316. The monoisotopic (exact) mass is 421 g/mol. The second-order valence-electron chi connectivity index (χ2n) is 9.47. The molecule has 164 valence electrons. The van der Waals surface area contributed by atoms with Gasteiger partial charge in [0.1, 0.15) is 11.4 Å². The Morgan fingerprint density at radius 2 is 1.84 bits per heavy atom. The molecular formula is C25H31N3O3. The summed E-state index contributed by atoms with van der Waals surface area (Å²) in [5.41, 5.74) is 3.81. The summed E-state index contributed by atoms with van der Waals surface area (Å²) in [6.45, 7) is 7.83. The van der Waals surface area contributed by atoms with E-state index in [1.54, 1.807) is 7.11 Å². The number of benzene rings is 2. The molecule has 6 nitrogen and oxygen atoms in total. The minimum absolute atomic E-state index is 0.0645. The van der Waals surface area contributed by atoms with Crippen molar-refractivity contribution in [3.05, 3.63) is 59.7 Å². The molecule has 1 saturated heterocycles. The molecule has 0 aromatic heterocycles. The highest BCUT2D eigenvalue weighted by atomic mass is 16.7. The number of nitrogens with zero attached hydrogens (tertiary/aromatic N) is 2. The van der Waals surface area contributed by atoms with Crippen LogP contribution in [0.1, 0.15) is 51.2 Å². The average Bonchev–Trinajstić information content (AvgIpc) is 3.17. The highest BCUT2D eigenvalue weighted by Gasteiger charge is 2.43. The quantitative estimate of drug-likeness (QED) is 0.742. The Hall–Kier alpha value is -3.02. The summed E-state index contributed by atoms with van der Waals surface area (Å²) in [7, 11) is 1.66. The number of likely N-dealkylation sites (tertiary alicyclic amines) is 1. The van der Waals surface area contributed by atoms with Crippen LogP contribution < -0.4 is 10.1 Å². The smallest absolute Gasteiger partial charge is 0.321 e. The molecular weight excluding hydrogens is 390 g/mol. The van der Waals surface area contributed by atoms with E-state index < -0.39 is 0 Å². The maximum atomic E-state index is 12.7. The molecule has 2 heterocycles. The van der Waals surface area contributed by atoms with Crippen LogP contribution in [0.2, 0.25) is 0 Å². The van der Waals surface area contributed by atoms with Crippen molar-refractivity contribution < 1.29 is 14.4 Å². The molecule has 2 aliphatic rings. The van der Waals surface area contributed by atoms with E-state index in [2.05, 4.69) is 43.4 Å². The van der Waals surface area contributed by atoms with Gasteiger partial charge in [0, 0.05) is 43.6 Å². The van der Waals surface area contributed by atoms with E-state index in [-0.39, 0.29) is 17.0 Å². The normalized spacial score (nSPS) is 17.8. The molecule has 0 radical (unpaired) electrons. The Kier molecular flexibility index (Phi) is 5.65. The van der Waals surface area contributed by atoms with Gasteiger partial charge in [-0.05, 0) is 35.2 Å². The van der Waals surface area contributed by atoms with Crippen LogP contribution in [0.5, 0.6) is 5.75 Å². The zero-order valence-corrected chi connectivity index (χ0v) is 18.8. The predicted octanol–water partition coefficient (Wildman–Crippen LogP) is 5.18. The standard InChI is InChI=1S/C25H31N3O3/c1-24(2,3)19-8-10-20(11-9-19)26-23(29)28-14-12-25(13-15-28)17-22(27-31-25)18-6-5-7-21(16-18)30-4/h5-11,16H,12-15,17H2,1-4H3,(H,26,29). The fraction of sp³-hybridized carbons (Fsp3) is 0.440. The van der Waals surface area contributed by atoms with Gasteiger partial charge in [-0.15, -0.1) is 0 Å². The van der Waals surface area contributed by atoms with Gasteiger partial charge in [0.25, 0.3) is 0 Å². The summed E-state index contributed by atoms with van der Waals surface area (Å²) < 4.78 is 5.32. The second kappa shape index (κ2) is 8.25. The minimum Gasteiger partial charge on any atom is -0.497 e. The molecule has 0 unspecified atom stereocenters. The molecule has 2 aromatic rings. The summed E-state index contributed by atoms with van der Waals surface area (Å²) in [6.07, 6.45) is 2.28. The molecule has 2 aliphatic heterocycles. The lowest BCUT2D eigenvalue weighted by Crippen LogP contribution is -2.48. The Labute approximate surface area is 184 Å². The third kappa shape index (κ3) is 4.68. The fourth-order valence-corrected chi connectivity index (χ4v) is 4.12. The molecule has 1 spiro atoms. The fourth-order valence-electron chi connectivity index (χ4n) is 4.12. The third-order valence-corrected chi connectivity index (χ3v) is 6.21. The number of anilines is 1. The molecule has 0 atom stereocenters. The van der Waals surface area contributed by atoms with E-state index >= 15 is 0 Å². The number of carbonyl (C=O) groups excluding carboxylic acids is 1. The van der Waals surface area contributed by atoms with Gasteiger partial charge in [0.05, 0.1) is 12.8 Å². The summed E-state index contributed by atoms with van der Waals surface area (Å²) in [5, 5.41) is 7.39. The van der Waals surface area contributed by atoms with E-state index in [0.29, 0.717) is 13.1 Å². The van der Waals surface area contributed by atoms with Crippen molar-refractivity contribution in [1.82, 2.24) is 4.90 Å². The lowest BCUT2D eigenvalue weighted by Gasteiger charge is -2.37. The Morgan fingerprint density at radius 1 is 1.13 bits per heavy atom. The van der Waals surface area contributed by atoms with E-state index in [4.69, 9.17) is 9.57 Å². The first-order valence-corrected chi connectivity index (χ1v) is 10.8. The van der Waals surface area contributed by atoms with Crippen LogP contribution in [-0.2, 0) is 10.3 Å². The van der Waals surface area contributed by atoms with Crippen molar-refractivity contribution in [3.8, 4) is 5.75 Å². The van der Waals surface area contributed by atoms with E-state index in [9.17, 15) is 4.79 Å². The maximum Gasteiger partial charge on any atom is 0.321 e. The van der Waals surface area contributed by atoms with Crippen LogP contribution in [0.25, 0.3) is 0 Å². The van der Waals surface area contributed by atoms with Crippen molar-refractivity contribution in [2.45, 2.75) is 51.0 Å². The molecule has 0 aliphatic carbocycles. The molecule has 6 heteroatoms. The third-order valence-electron chi connectivity index (χ3n) is 6.21.